The number of amides is 2. The van der Waals surface area contributed by atoms with Crippen LogP contribution in [0.4, 0.5) is 4.79 Å². The van der Waals surface area contributed by atoms with Crippen molar-refractivity contribution >= 4 is 12.0 Å². The van der Waals surface area contributed by atoms with Gasteiger partial charge in [0.15, 0.2) is 0 Å². The molecule has 2 unspecified atom stereocenters. The van der Waals surface area contributed by atoms with Crippen molar-refractivity contribution in [2.45, 2.75) is 46.6 Å². The van der Waals surface area contributed by atoms with Crippen LogP contribution in [0.25, 0.3) is 0 Å². The van der Waals surface area contributed by atoms with Gasteiger partial charge in [0.1, 0.15) is 5.60 Å². The van der Waals surface area contributed by atoms with Gasteiger partial charge >= 0.3 is 6.09 Å². The van der Waals surface area contributed by atoms with Gasteiger partial charge in [0, 0.05) is 19.6 Å². The molecule has 0 saturated carbocycles. The summed E-state index contributed by atoms with van der Waals surface area (Å²) in [5, 5.41) is 2.85. The van der Waals surface area contributed by atoms with Gasteiger partial charge < -0.3 is 20.7 Å². The highest BCUT2D eigenvalue weighted by Gasteiger charge is 2.29. The molecule has 128 valence electrons. The summed E-state index contributed by atoms with van der Waals surface area (Å²) in [6, 6.07) is 0. The molecule has 1 aliphatic heterocycles. The Morgan fingerprint density at radius 2 is 2.00 bits per heavy atom. The Bertz CT molecular complexity index is 391. The maximum atomic E-state index is 11.8. The normalized spacial score (nSPS) is 20.9. The summed E-state index contributed by atoms with van der Waals surface area (Å²) < 4.78 is 5.26. The highest BCUT2D eigenvalue weighted by atomic mass is 16.6. The maximum absolute atomic E-state index is 11.8. The first-order chi connectivity index (χ1) is 10.1. The Morgan fingerprint density at radius 1 is 1.36 bits per heavy atom. The van der Waals surface area contributed by atoms with Crippen molar-refractivity contribution in [1.82, 2.24) is 10.2 Å². The van der Waals surface area contributed by atoms with Gasteiger partial charge in [0.2, 0.25) is 5.91 Å². The van der Waals surface area contributed by atoms with Crippen LogP contribution >= 0.6 is 0 Å². The van der Waals surface area contributed by atoms with E-state index in [1.165, 1.54) is 0 Å². The van der Waals surface area contributed by atoms with Crippen molar-refractivity contribution in [1.29, 1.82) is 0 Å². The molecule has 0 aliphatic carbocycles. The lowest BCUT2D eigenvalue weighted by molar-refractivity contribution is -0.121. The van der Waals surface area contributed by atoms with E-state index in [1.54, 1.807) is 0 Å². The minimum atomic E-state index is -0.485. The largest absolute Gasteiger partial charge is 0.444 e. The van der Waals surface area contributed by atoms with Crippen molar-refractivity contribution in [3.8, 4) is 0 Å². The third-order valence-corrected chi connectivity index (χ3v) is 4.02. The molecule has 2 atom stereocenters. The molecule has 2 amide bonds. The Balaban J connectivity index is 2.43. The zero-order valence-corrected chi connectivity index (χ0v) is 14.5. The van der Waals surface area contributed by atoms with Crippen LogP contribution in [0.1, 0.15) is 41.0 Å². The molecule has 1 aliphatic rings. The summed E-state index contributed by atoms with van der Waals surface area (Å²) >= 11 is 0. The molecule has 0 aromatic carbocycles. The predicted octanol–water partition coefficient (Wildman–Crippen LogP) is 1.59. The number of primary amides is 1. The first kappa shape index (κ1) is 18.7. The van der Waals surface area contributed by atoms with E-state index in [0.717, 1.165) is 26.1 Å². The SMILES string of the molecule is CC(C)C(CNC(=O)OC(C)(C)C)CN1CCC(C(N)=O)C1. The highest BCUT2D eigenvalue weighted by Crippen LogP contribution is 2.20. The molecule has 0 aromatic rings. The molecule has 0 aromatic heterocycles. The Hall–Kier alpha value is -1.30. The van der Waals surface area contributed by atoms with Gasteiger partial charge in [-0.3, -0.25) is 4.79 Å². The Labute approximate surface area is 133 Å². The van der Waals surface area contributed by atoms with Crippen molar-refractivity contribution in [2.75, 3.05) is 26.2 Å². The lowest BCUT2D eigenvalue weighted by Crippen LogP contribution is -2.40. The number of hydrogen-bond acceptors (Lipinski definition) is 4. The Kier molecular flexibility index (Phi) is 6.66. The molecule has 6 nitrogen and oxygen atoms in total. The summed E-state index contributed by atoms with van der Waals surface area (Å²) in [6.07, 6.45) is 0.453. The molecular weight excluding hydrogens is 282 g/mol. The van der Waals surface area contributed by atoms with Gasteiger partial charge in [0.05, 0.1) is 5.92 Å². The van der Waals surface area contributed by atoms with Crippen LogP contribution < -0.4 is 11.1 Å². The molecule has 1 heterocycles. The topological polar surface area (TPSA) is 84.7 Å². The monoisotopic (exact) mass is 313 g/mol. The fourth-order valence-electron chi connectivity index (χ4n) is 2.60. The third kappa shape index (κ3) is 6.64. The zero-order chi connectivity index (χ0) is 16.9. The molecule has 1 fully saturated rings. The second-order valence-corrected chi connectivity index (χ2v) is 7.53. The van der Waals surface area contributed by atoms with Crippen molar-refractivity contribution < 1.29 is 14.3 Å². The van der Waals surface area contributed by atoms with Gasteiger partial charge in [-0.05, 0) is 45.6 Å². The van der Waals surface area contributed by atoms with Crippen LogP contribution in [0.3, 0.4) is 0 Å². The minimum Gasteiger partial charge on any atom is -0.444 e. The number of rotatable bonds is 6. The lowest BCUT2D eigenvalue weighted by atomic mass is 9.95. The van der Waals surface area contributed by atoms with Crippen LogP contribution in [-0.4, -0.2) is 48.7 Å². The molecule has 0 radical (unpaired) electrons. The van der Waals surface area contributed by atoms with Crippen LogP contribution in [0.15, 0.2) is 0 Å². The predicted molar refractivity (Wildman–Crippen MR) is 86.3 cm³/mol. The number of ether oxygens (including phenoxy) is 1. The van der Waals surface area contributed by atoms with Crippen LogP contribution in [0, 0.1) is 17.8 Å². The molecule has 6 heteroatoms. The van der Waals surface area contributed by atoms with E-state index < -0.39 is 5.60 Å². The molecule has 1 rings (SSSR count). The van der Waals surface area contributed by atoms with Gasteiger partial charge in [-0.15, -0.1) is 0 Å². The van der Waals surface area contributed by atoms with Crippen molar-refractivity contribution in [2.24, 2.45) is 23.5 Å². The number of likely N-dealkylation sites (tertiary alicyclic amines) is 1. The first-order valence-corrected chi connectivity index (χ1v) is 8.07. The fourth-order valence-corrected chi connectivity index (χ4v) is 2.60. The first-order valence-electron chi connectivity index (χ1n) is 8.07. The second-order valence-electron chi connectivity index (χ2n) is 7.53. The van der Waals surface area contributed by atoms with Crippen molar-refractivity contribution in [3.05, 3.63) is 0 Å². The fraction of sp³-hybridized carbons (Fsp3) is 0.875. The molecule has 3 N–H and O–H groups in total. The van der Waals surface area contributed by atoms with E-state index in [2.05, 4.69) is 24.1 Å². The molecule has 0 spiro atoms. The summed E-state index contributed by atoms with van der Waals surface area (Å²) in [6.45, 7) is 12.9. The summed E-state index contributed by atoms with van der Waals surface area (Å²) in [5.41, 5.74) is 4.88. The standard InChI is InChI=1S/C16H31N3O3/c1-11(2)13(8-18-15(21)22-16(3,4)5)10-19-7-6-12(9-19)14(17)20/h11-13H,6-10H2,1-5H3,(H2,17,20)(H,18,21). The van der Waals surface area contributed by atoms with Crippen LogP contribution in [0.5, 0.6) is 0 Å². The summed E-state index contributed by atoms with van der Waals surface area (Å²) in [5.74, 6) is 0.504. The number of nitrogens with two attached hydrogens (primary N) is 1. The molecule has 0 bridgehead atoms. The van der Waals surface area contributed by atoms with E-state index in [0.29, 0.717) is 18.4 Å². The van der Waals surface area contributed by atoms with Gasteiger partial charge in [-0.25, -0.2) is 4.79 Å². The van der Waals surface area contributed by atoms with Crippen LogP contribution in [0.2, 0.25) is 0 Å². The molecule has 1 saturated heterocycles. The Morgan fingerprint density at radius 3 is 2.45 bits per heavy atom. The highest BCUT2D eigenvalue weighted by molar-refractivity contribution is 5.77. The molecule has 22 heavy (non-hydrogen) atoms. The number of carbonyl (C=O) groups is 2. The summed E-state index contributed by atoms with van der Waals surface area (Å²) in [4.78, 5) is 25.3. The van der Waals surface area contributed by atoms with E-state index in [1.807, 2.05) is 20.8 Å². The smallest absolute Gasteiger partial charge is 0.407 e. The quantitative estimate of drug-likeness (QED) is 0.780. The maximum Gasteiger partial charge on any atom is 0.407 e. The van der Waals surface area contributed by atoms with E-state index in [-0.39, 0.29) is 17.9 Å². The van der Waals surface area contributed by atoms with Gasteiger partial charge in [-0.1, -0.05) is 13.8 Å². The second kappa shape index (κ2) is 7.81. The average Bonchev–Trinajstić information content (AvgIpc) is 2.80. The zero-order valence-electron chi connectivity index (χ0n) is 14.5. The lowest BCUT2D eigenvalue weighted by Gasteiger charge is -2.27. The van der Waals surface area contributed by atoms with Crippen molar-refractivity contribution in [3.63, 3.8) is 0 Å². The van der Waals surface area contributed by atoms with E-state index >= 15 is 0 Å². The third-order valence-electron chi connectivity index (χ3n) is 4.02. The number of nitrogens with zero attached hydrogens (tertiary/aromatic N) is 1. The van der Waals surface area contributed by atoms with E-state index in [9.17, 15) is 9.59 Å². The molecular formula is C16H31N3O3. The number of hydrogen-bond donors (Lipinski definition) is 2. The van der Waals surface area contributed by atoms with Gasteiger partial charge in [0.25, 0.3) is 0 Å². The minimum absolute atomic E-state index is 0.0355. The van der Waals surface area contributed by atoms with E-state index in [4.69, 9.17) is 10.5 Å². The van der Waals surface area contributed by atoms with Crippen LogP contribution in [-0.2, 0) is 9.53 Å². The number of carbonyl (C=O) groups excluding carboxylic acids is 2. The number of nitrogens with one attached hydrogen (secondary N) is 1. The van der Waals surface area contributed by atoms with Gasteiger partial charge in [-0.2, -0.15) is 0 Å². The number of alkyl carbamates (subject to hydrolysis) is 1. The average molecular weight is 313 g/mol. The summed E-state index contributed by atoms with van der Waals surface area (Å²) in [7, 11) is 0.